The van der Waals surface area contributed by atoms with Crippen molar-refractivity contribution in [3.8, 4) is 11.8 Å². The highest BCUT2D eigenvalue weighted by atomic mass is 32.2. The number of rotatable bonds is 11. The second kappa shape index (κ2) is 14.7. The Labute approximate surface area is 230 Å². The highest BCUT2D eigenvalue weighted by Crippen LogP contribution is 2.17. The lowest BCUT2D eigenvalue weighted by atomic mass is 10.1. The smallest absolute Gasteiger partial charge is 0.217 e. The highest BCUT2D eigenvalue weighted by Gasteiger charge is 2.25. The molecule has 0 aliphatic heterocycles. The van der Waals surface area contributed by atoms with Crippen LogP contribution in [0.4, 0.5) is 0 Å². The van der Waals surface area contributed by atoms with Gasteiger partial charge < -0.3 is 30.4 Å². The Balaban J connectivity index is 1.62. The van der Waals surface area contributed by atoms with Gasteiger partial charge in [0.15, 0.2) is 0 Å². The summed E-state index contributed by atoms with van der Waals surface area (Å²) in [6, 6.07) is 2.37. The first kappa shape index (κ1) is 29.4. The van der Waals surface area contributed by atoms with Crippen LogP contribution in [0.1, 0.15) is 44.6 Å². The number of likely N-dealkylation sites (N-methyl/N-ethyl adjacent to an activating group) is 1. The second-order valence-corrected chi connectivity index (χ2v) is 11.1. The Morgan fingerprint density at radius 2 is 2.13 bits per heavy atom. The van der Waals surface area contributed by atoms with E-state index < -0.39 is 11.4 Å². The van der Waals surface area contributed by atoms with Crippen molar-refractivity contribution >= 4 is 23.2 Å². The quantitative estimate of drug-likeness (QED) is 0.128. The number of guanidine groups is 1. The minimum absolute atomic E-state index is 0.0732. The van der Waals surface area contributed by atoms with E-state index in [0.717, 1.165) is 49.2 Å². The van der Waals surface area contributed by atoms with Gasteiger partial charge in [0.2, 0.25) is 5.96 Å². The molecule has 3 rings (SSSR count). The molecule has 0 saturated heterocycles. The fraction of sp³-hybridized carbons (Fsp3) is 0.500. The molecule has 1 heterocycles. The Kier molecular flexibility index (Phi) is 11.4. The summed E-state index contributed by atoms with van der Waals surface area (Å²) in [7, 11) is 6.06. The molecule has 9 nitrogen and oxygen atoms in total. The summed E-state index contributed by atoms with van der Waals surface area (Å²) < 4.78 is 13.8. The van der Waals surface area contributed by atoms with Crippen molar-refractivity contribution in [1.82, 2.24) is 30.1 Å². The van der Waals surface area contributed by atoms with Gasteiger partial charge in [0, 0.05) is 54.8 Å². The molecule has 206 valence electrons. The summed E-state index contributed by atoms with van der Waals surface area (Å²) in [6.07, 6.45) is 18.0. The number of hydrogen-bond acceptors (Lipinski definition) is 5. The van der Waals surface area contributed by atoms with E-state index in [1.807, 2.05) is 18.5 Å². The zero-order valence-corrected chi connectivity index (χ0v) is 24.0. The maximum Gasteiger partial charge on any atom is 0.217 e. The molecule has 0 bridgehead atoms. The van der Waals surface area contributed by atoms with Gasteiger partial charge in [-0.3, -0.25) is 5.41 Å². The number of H-pyrrole nitrogens is 1. The third kappa shape index (κ3) is 8.72. The first-order valence-corrected chi connectivity index (χ1v) is 14.7. The first-order valence-electron chi connectivity index (χ1n) is 13.1. The van der Waals surface area contributed by atoms with Crippen LogP contribution in [0.2, 0.25) is 0 Å². The van der Waals surface area contributed by atoms with Gasteiger partial charge in [-0.2, -0.15) is 4.99 Å². The van der Waals surface area contributed by atoms with Crippen molar-refractivity contribution in [2.24, 2.45) is 4.99 Å². The summed E-state index contributed by atoms with van der Waals surface area (Å²) >= 11 is -1.17. The molecule has 2 aliphatic carbocycles. The first-order chi connectivity index (χ1) is 18.3. The van der Waals surface area contributed by atoms with E-state index in [-0.39, 0.29) is 18.0 Å². The molecule has 1 aromatic heterocycles. The SMILES string of the molecule is CCC(CCNC1=CCC(NC(=N)/N=C(/NC2CC#CC=C2N(C)[S+](C)[O-])c2cc[nH]c2)CC=C1)N(C)C. The maximum absolute atomic E-state index is 12.1. The van der Waals surface area contributed by atoms with E-state index in [1.165, 1.54) is 0 Å². The number of nitrogens with zero attached hydrogens (tertiary/aromatic N) is 3. The topological polar surface area (TPSA) is 118 Å². The summed E-state index contributed by atoms with van der Waals surface area (Å²) in [5.74, 6) is 6.74. The predicted molar refractivity (Wildman–Crippen MR) is 158 cm³/mol. The van der Waals surface area contributed by atoms with Crippen molar-refractivity contribution in [3.05, 3.63) is 59.7 Å². The molecular weight excluding hydrogens is 496 g/mol. The molecule has 0 spiro atoms. The normalized spacial score (nSPS) is 20.9. The minimum Gasteiger partial charge on any atom is -0.593 e. The van der Waals surface area contributed by atoms with Crippen LogP contribution in [0.5, 0.6) is 0 Å². The fourth-order valence-electron chi connectivity index (χ4n) is 4.48. The molecule has 0 fully saturated rings. The van der Waals surface area contributed by atoms with E-state index in [9.17, 15) is 4.55 Å². The van der Waals surface area contributed by atoms with E-state index >= 15 is 0 Å². The Hall–Kier alpha value is -3.13. The number of aliphatic imine (C=N–C) groups is 1. The van der Waals surface area contributed by atoms with Gasteiger partial charge in [-0.1, -0.05) is 30.9 Å². The zero-order chi connectivity index (χ0) is 27.5. The van der Waals surface area contributed by atoms with Gasteiger partial charge >= 0.3 is 0 Å². The van der Waals surface area contributed by atoms with E-state index in [2.05, 4.69) is 81.9 Å². The van der Waals surface area contributed by atoms with Crippen LogP contribution in [-0.2, 0) is 11.4 Å². The average molecular weight is 539 g/mol. The lowest BCUT2D eigenvalue weighted by molar-refractivity contribution is 0.271. The number of hydrogen-bond donors (Lipinski definition) is 5. The Morgan fingerprint density at radius 3 is 2.82 bits per heavy atom. The summed E-state index contributed by atoms with van der Waals surface area (Å²) in [4.78, 5) is 9.96. The van der Waals surface area contributed by atoms with Crippen molar-refractivity contribution < 1.29 is 4.55 Å². The van der Waals surface area contributed by atoms with Crippen molar-refractivity contribution in [1.29, 1.82) is 5.41 Å². The number of aromatic nitrogens is 1. The Morgan fingerprint density at radius 1 is 1.32 bits per heavy atom. The third-order valence-corrected chi connectivity index (χ3v) is 7.81. The van der Waals surface area contributed by atoms with Gasteiger partial charge in [-0.05, 0) is 51.9 Å². The van der Waals surface area contributed by atoms with Gasteiger partial charge in [0.1, 0.15) is 12.1 Å². The van der Waals surface area contributed by atoms with Crippen LogP contribution >= 0.6 is 0 Å². The number of nitrogens with one attached hydrogen (secondary N) is 5. The minimum atomic E-state index is -1.17. The molecule has 4 unspecified atom stereocenters. The number of aromatic amines is 1. The van der Waals surface area contributed by atoms with Crippen LogP contribution in [0.25, 0.3) is 0 Å². The standard InChI is InChI=1S/C28H42N8OS/c1-6-24(35(2)3)17-19-31-22-10-9-11-23(15-14-22)32-28(29)34-27(21-16-18-30-20-21)33-25-12-7-8-13-26(25)36(4)38(5)37/h9-10,13-14,16,18,20,23-25,30-31H,6,11-12,15,17,19H2,1-5H3,(H3,29,32,33,34). The molecule has 38 heavy (non-hydrogen) atoms. The molecule has 0 aromatic carbocycles. The summed E-state index contributed by atoms with van der Waals surface area (Å²) in [5.41, 5.74) is 2.80. The molecular formula is C28H42N8OS. The van der Waals surface area contributed by atoms with E-state index in [0.29, 0.717) is 18.3 Å². The van der Waals surface area contributed by atoms with Gasteiger partial charge in [0.25, 0.3) is 0 Å². The van der Waals surface area contributed by atoms with Crippen molar-refractivity contribution in [2.45, 2.75) is 57.2 Å². The zero-order valence-electron chi connectivity index (χ0n) is 23.2. The molecule has 1 aromatic rings. The van der Waals surface area contributed by atoms with Crippen LogP contribution in [0.3, 0.4) is 0 Å². The van der Waals surface area contributed by atoms with E-state index in [1.54, 1.807) is 23.7 Å². The average Bonchev–Trinajstić information content (AvgIpc) is 3.34. The van der Waals surface area contributed by atoms with Crippen LogP contribution in [0.15, 0.2) is 59.2 Å². The van der Waals surface area contributed by atoms with E-state index in [4.69, 9.17) is 5.41 Å². The molecule has 0 radical (unpaired) electrons. The van der Waals surface area contributed by atoms with Crippen molar-refractivity contribution in [3.63, 3.8) is 0 Å². The molecule has 0 saturated carbocycles. The highest BCUT2D eigenvalue weighted by molar-refractivity contribution is 7.88. The molecule has 0 amide bonds. The van der Waals surface area contributed by atoms with Crippen LogP contribution in [0, 0.1) is 17.3 Å². The fourth-order valence-corrected chi connectivity index (χ4v) is 4.96. The molecule has 4 atom stereocenters. The summed E-state index contributed by atoms with van der Waals surface area (Å²) in [6.45, 7) is 3.16. The van der Waals surface area contributed by atoms with Crippen LogP contribution in [-0.4, -0.2) is 82.6 Å². The second-order valence-electron chi connectivity index (χ2n) is 9.74. The third-order valence-electron chi connectivity index (χ3n) is 6.83. The predicted octanol–water partition coefficient (Wildman–Crippen LogP) is 2.68. The summed E-state index contributed by atoms with van der Waals surface area (Å²) in [5, 5.41) is 18.9. The van der Waals surface area contributed by atoms with Gasteiger partial charge in [-0.25, -0.2) is 4.31 Å². The van der Waals surface area contributed by atoms with Crippen molar-refractivity contribution in [2.75, 3.05) is 33.9 Å². The molecule has 5 N–H and O–H groups in total. The van der Waals surface area contributed by atoms with Gasteiger partial charge in [-0.15, -0.1) is 0 Å². The Bertz CT molecular complexity index is 1090. The molecule has 10 heteroatoms. The lowest BCUT2D eigenvalue weighted by Gasteiger charge is -2.29. The van der Waals surface area contributed by atoms with Gasteiger partial charge in [0.05, 0.1) is 30.1 Å². The largest absolute Gasteiger partial charge is 0.593 e. The monoisotopic (exact) mass is 538 g/mol. The number of allylic oxidation sites excluding steroid dienone is 2. The van der Waals surface area contributed by atoms with Crippen LogP contribution < -0.4 is 16.0 Å². The maximum atomic E-state index is 12.1. The lowest BCUT2D eigenvalue weighted by Crippen LogP contribution is -2.44. The molecule has 2 aliphatic rings. The number of amidine groups is 1.